The van der Waals surface area contributed by atoms with Gasteiger partial charge in [0.05, 0.1) is 23.3 Å². The molecule has 3 N–H and O–H groups in total. The molecule has 2 aromatic heterocycles. The minimum Gasteiger partial charge on any atom is -0.481 e. The Hall–Kier alpha value is -2.37. The summed E-state index contributed by atoms with van der Waals surface area (Å²) in [5.41, 5.74) is 2.85. The summed E-state index contributed by atoms with van der Waals surface area (Å²) in [6.45, 7) is 0.949. The van der Waals surface area contributed by atoms with E-state index in [1.165, 1.54) is 19.3 Å². The molecule has 0 aliphatic heterocycles. The Labute approximate surface area is 142 Å². The van der Waals surface area contributed by atoms with Gasteiger partial charge in [0.1, 0.15) is 0 Å². The second-order valence-corrected chi connectivity index (χ2v) is 5.95. The van der Waals surface area contributed by atoms with Gasteiger partial charge < -0.3 is 10.4 Å². The summed E-state index contributed by atoms with van der Waals surface area (Å²) in [6.07, 6.45) is 11.6. The van der Waals surface area contributed by atoms with Gasteiger partial charge >= 0.3 is 5.97 Å². The summed E-state index contributed by atoms with van der Waals surface area (Å²) >= 11 is 0. The van der Waals surface area contributed by atoms with Crippen molar-refractivity contribution in [2.45, 2.75) is 51.4 Å². The third-order valence-electron chi connectivity index (χ3n) is 3.94. The fraction of sp³-hybridized carbons (Fsp3) is 0.500. The van der Waals surface area contributed by atoms with Crippen molar-refractivity contribution in [1.29, 1.82) is 0 Å². The summed E-state index contributed by atoms with van der Waals surface area (Å²) < 4.78 is 0. The normalized spacial score (nSPS) is 10.7. The first-order valence-electron chi connectivity index (χ1n) is 8.67. The highest BCUT2D eigenvalue weighted by Crippen LogP contribution is 2.15. The number of unbranched alkanes of at least 4 members (excludes halogenated alkanes) is 6. The van der Waals surface area contributed by atoms with E-state index in [0.717, 1.165) is 49.3 Å². The second kappa shape index (κ2) is 10.4. The first-order chi connectivity index (χ1) is 11.8. The molecule has 0 atom stereocenters. The minimum atomic E-state index is -0.687. The van der Waals surface area contributed by atoms with Crippen LogP contribution in [0.1, 0.15) is 51.4 Å². The van der Waals surface area contributed by atoms with Gasteiger partial charge in [-0.15, -0.1) is 0 Å². The largest absolute Gasteiger partial charge is 0.481 e. The average molecular weight is 330 g/mol. The number of carboxylic acid groups (broad SMARTS) is 1. The molecule has 2 aromatic rings. The molecule has 0 spiro atoms. The highest BCUT2D eigenvalue weighted by molar-refractivity contribution is 5.66. The molecular formula is C18H26N4O2. The fourth-order valence-corrected chi connectivity index (χ4v) is 2.57. The van der Waals surface area contributed by atoms with Crippen molar-refractivity contribution < 1.29 is 9.90 Å². The van der Waals surface area contributed by atoms with E-state index in [1.54, 1.807) is 6.20 Å². The van der Waals surface area contributed by atoms with Gasteiger partial charge in [0.25, 0.3) is 0 Å². The Morgan fingerprint density at radius 3 is 2.42 bits per heavy atom. The van der Waals surface area contributed by atoms with Crippen LogP contribution >= 0.6 is 0 Å². The number of carbonyl (C=O) groups is 1. The van der Waals surface area contributed by atoms with Crippen LogP contribution in [0.25, 0.3) is 11.4 Å². The number of pyridine rings is 1. The Kier molecular flexibility index (Phi) is 7.80. The lowest BCUT2D eigenvalue weighted by atomic mass is 10.1. The third-order valence-corrected chi connectivity index (χ3v) is 3.94. The average Bonchev–Trinajstić information content (AvgIpc) is 3.11. The van der Waals surface area contributed by atoms with Gasteiger partial charge in [0.15, 0.2) is 0 Å². The maximum absolute atomic E-state index is 10.4. The molecular weight excluding hydrogens is 304 g/mol. The van der Waals surface area contributed by atoms with Gasteiger partial charge in [0, 0.05) is 19.2 Å². The lowest BCUT2D eigenvalue weighted by molar-refractivity contribution is -0.137. The van der Waals surface area contributed by atoms with E-state index < -0.39 is 5.97 Å². The minimum absolute atomic E-state index is 0.303. The zero-order valence-corrected chi connectivity index (χ0v) is 14.0. The van der Waals surface area contributed by atoms with Crippen LogP contribution < -0.4 is 5.32 Å². The van der Waals surface area contributed by atoms with E-state index in [-0.39, 0.29) is 0 Å². The van der Waals surface area contributed by atoms with Gasteiger partial charge in [-0.2, -0.15) is 5.10 Å². The smallest absolute Gasteiger partial charge is 0.303 e. The molecule has 0 fully saturated rings. The first kappa shape index (κ1) is 18.0. The van der Waals surface area contributed by atoms with Gasteiger partial charge in [-0.3, -0.25) is 14.9 Å². The van der Waals surface area contributed by atoms with Crippen LogP contribution in [0, 0.1) is 0 Å². The molecule has 6 nitrogen and oxygen atoms in total. The highest BCUT2D eigenvalue weighted by Gasteiger charge is 2.00. The number of aliphatic carboxylic acids is 1. The number of rotatable bonds is 12. The van der Waals surface area contributed by atoms with Crippen LogP contribution in [0.4, 0.5) is 5.69 Å². The lowest BCUT2D eigenvalue weighted by Crippen LogP contribution is -2.01. The number of hydrogen-bond acceptors (Lipinski definition) is 4. The molecule has 0 amide bonds. The topological polar surface area (TPSA) is 90.9 Å². The number of carboxylic acids is 1. The first-order valence-corrected chi connectivity index (χ1v) is 8.67. The molecule has 6 heteroatoms. The molecule has 2 rings (SSSR count). The Morgan fingerprint density at radius 1 is 1.04 bits per heavy atom. The van der Waals surface area contributed by atoms with E-state index in [2.05, 4.69) is 20.5 Å². The van der Waals surface area contributed by atoms with Crippen LogP contribution in [0.3, 0.4) is 0 Å². The summed E-state index contributed by atoms with van der Waals surface area (Å²) in [7, 11) is 0. The molecule has 2 heterocycles. The summed E-state index contributed by atoms with van der Waals surface area (Å²) in [5.74, 6) is -0.687. The monoisotopic (exact) mass is 330 g/mol. The van der Waals surface area contributed by atoms with Crippen LogP contribution in [-0.2, 0) is 4.79 Å². The van der Waals surface area contributed by atoms with Crippen molar-refractivity contribution in [2.75, 3.05) is 11.9 Å². The zero-order chi connectivity index (χ0) is 17.0. The number of aromatic nitrogens is 3. The number of hydrogen-bond donors (Lipinski definition) is 3. The van der Waals surface area contributed by atoms with Crippen molar-refractivity contribution in [3.8, 4) is 11.4 Å². The fourth-order valence-electron chi connectivity index (χ4n) is 2.57. The van der Waals surface area contributed by atoms with Gasteiger partial charge in [-0.1, -0.05) is 32.1 Å². The molecule has 0 aliphatic rings. The van der Waals surface area contributed by atoms with Gasteiger partial charge in [-0.25, -0.2) is 0 Å². The summed E-state index contributed by atoms with van der Waals surface area (Å²) in [4.78, 5) is 14.8. The van der Waals surface area contributed by atoms with Crippen LogP contribution in [0.2, 0.25) is 0 Å². The predicted octanol–water partition coefficient (Wildman–Crippen LogP) is 4.09. The molecule has 0 saturated carbocycles. The maximum atomic E-state index is 10.4. The van der Waals surface area contributed by atoms with E-state index in [4.69, 9.17) is 5.11 Å². The van der Waals surface area contributed by atoms with Crippen molar-refractivity contribution in [1.82, 2.24) is 15.2 Å². The number of H-pyrrole nitrogens is 1. The molecule has 0 bridgehead atoms. The van der Waals surface area contributed by atoms with Gasteiger partial charge in [0.2, 0.25) is 0 Å². The number of nitrogens with one attached hydrogen (secondary N) is 2. The molecule has 0 aliphatic carbocycles. The zero-order valence-electron chi connectivity index (χ0n) is 14.0. The van der Waals surface area contributed by atoms with Gasteiger partial charge in [-0.05, 0) is 31.0 Å². The summed E-state index contributed by atoms with van der Waals surface area (Å²) in [5, 5.41) is 18.8. The van der Waals surface area contributed by atoms with E-state index in [9.17, 15) is 4.79 Å². The number of aromatic amines is 1. The van der Waals surface area contributed by atoms with E-state index >= 15 is 0 Å². The second-order valence-electron chi connectivity index (χ2n) is 5.95. The molecule has 0 aromatic carbocycles. The number of anilines is 1. The van der Waals surface area contributed by atoms with Crippen molar-refractivity contribution in [3.63, 3.8) is 0 Å². The Morgan fingerprint density at radius 2 is 1.79 bits per heavy atom. The van der Waals surface area contributed by atoms with E-state index in [1.807, 2.05) is 24.4 Å². The van der Waals surface area contributed by atoms with Crippen molar-refractivity contribution >= 4 is 11.7 Å². The Bertz CT molecular complexity index is 582. The predicted molar refractivity (Wildman–Crippen MR) is 94.9 cm³/mol. The molecule has 0 unspecified atom stereocenters. The van der Waals surface area contributed by atoms with Crippen molar-refractivity contribution in [3.05, 3.63) is 30.6 Å². The maximum Gasteiger partial charge on any atom is 0.303 e. The molecule has 24 heavy (non-hydrogen) atoms. The molecule has 0 radical (unpaired) electrons. The quantitative estimate of drug-likeness (QED) is 0.510. The van der Waals surface area contributed by atoms with Crippen molar-refractivity contribution in [2.24, 2.45) is 0 Å². The molecule has 130 valence electrons. The third kappa shape index (κ3) is 6.81. The Balaban J connectivity index is 1.50. The highest BCUT2D eigenvalue weighted by atomic mass is 16.4. The number of nitrogens with zero attached hydrogens (tertiary/aromatic N) is 2. The standard InChI is InChI=1S/C18H26N4O2/c23-18(24)8-6-4-2-1-3-5-7-12-19-15-9-10-16(20-14-15)17-11-13-21-22-17/h9-11,13-14,19H,1-8,12H2,(H,21,22)(H,23,24). The summed E-state index contributed by atoms with van der Waals surface area (Å²) in [6, 6.07) is 5.91. The van der Waals surface area contributed by atoms with Crippen LogP contribution in [0.5, 0.6) is 0 Å². The van der Waals surface area contributed by atoms with E-state index in [0.29, 0.717) is 6.42 Å². The SMILES string of the molecule is O=C(O)CCCCCCCCCNc1ccc(-c2ccn[nH]2)nc1. The lowest BCUT2D eigenvalue weighted by Gasteiger charge is -2.06. The molecule has 0 saturated heterocycles. The van der Waals surface area contributed by atoms with Crippen LogP contribution in [-0.4, -0.2) is 32.8 Å². The van der Waals surface area contributed by atoms with Crippen LogP contribution in [0.15, 0.2) is 30.6 Å².